The Kier molecular flexibility index (Phi) is 4.63. The maximum absolute atomic E-state index is 11.6. The summed E-state index contributed by atoms with van der Waals surface area (Å²) in [6.45, 7) is 3.80. The highest BCUT2D eigenvalue weighted by Gasteiger charge is 2.14. The molecule has 17 heavy (non-hydrogen) atoms. The lowest BCUT2D eigenvalue weighted by molar-refractivity contribution is -0.384. The molecule has 5 nitrogen and oxygen atoms in total. The van der Waals surface area contributed by atoms with Gasteiger partial charge in [0.25, 0.3) is 5.69 Å². The van der Waals surface area contributed by atoms with Crippen LogP contribution in [0.25, 0.3) is 0 Å². The van der Waals surface area contributed by atoms with Crippen LogP contribution in [0.1, 0.15) is 26.7 Å². The summed E-state index contributed by atoms with van der Waals surface area (Å²) >= 11 is 0. The van der Waals surface area contributed by atoms with Crippen LogP contribution in [0.5, 0.6) is 5.75 Å². The van der Waals surface area contributed by atoms with Crippen LogP contribution in [-0.2, 0) is 4.79 Å². The summed E-state index contributed by atoms with van der Waals surface area (Å²) in [5, 5.41) is 10.4. The third kappa shape index (κ3) is 3.86. The zero-order valence-corrected chi connectivity index (χ0v) is 9.88. The van der Waals surface area contributed by atoms with Gasteiger partial charge in [-0.3, -0.25) is 14.9 Å². The first kappa shape index (κ1) is 13.2. The minimum absolute atomic E-state index is 0.0218. The lowest BCUT2D eigenvalue weighted by Gasteiger charge is -2.09. The fourth-order valence-corrected chi connectivity index (χ4v) is 1.40. The third-order valence-corrected chi connectivity index (χ3v) is 2.39. The van der Waals surface area contributed by atoms with E-state index >= 15 is 0 Å². The van der Waals surface area contributed by atoms with Crippen molar-refractivity contribution in [2.24, 2.45) is 5.92 Å². The zero-order valence-electron chi connectivity index (χ0n) is 9.88. The summed E-state index contributed by atoms with van der Waals surface area (Å²) in [4.78, 5) is 21.5. The van der Waals surface area contributed by atoms with Gasteiger partial charge in [0.15, 0.2) is 0 Å². The lowest BCUT2D eigenvalue weighted by atomic mass is 10.1. The Labute approximate surface area is 99.5 Å². The van der Waals surface area contributed by atoms with Crippen molar-refractivity contribution in [3.8, 4) is 5.75 Å². The molecule has 0 saturated heterocycles. The molecule has 0 aromatic heterocycles. The van der Waals surface area contributed by atoms with Gasteiger partial charge < -0.3 is 4.74 Å². The van der Waals surface area contributed by atoms with E-state index in [2.05, 4.69) is 0 Å². The predicted octanol–water partition coefficient (Wildman–Crippen LogP) is 2.94. The number of esters is 1. The number of carbonyl (C=O) groups is 1. The first-order chi connectivity index (χ1) is 8.04. The second-order valence-corrected chi connectivity index (χ2v) is 3.86. The molecule has 0 heterocycles. The van der Waals surface area contributed by atoms with E-state index in [-0.39, 0.29) is 17.6 Å². The summed E-state index contributed by atoms with van der Waals surface area (Å²) < 4.78 is 5.10. The molecule has 0 aliphatic heterocycles. The van der Waals surface area contributed by atoms with Gasteiger partial charge in [0.2, 0.25) is 0 Å². The molecule has 0 bridgehead atoms. The molecule has 0 aliphatic rings. The number of carbonyl (C=O) groups excluding carboxylic acids is 1. The number of nitro groups is 1. The van der Waals surface area contributed by atoms with Crippen LogP contribution in [-0.4, -0.2) is 10.9 Å². The lowest BCUT2D eigenvalue weighted by Crippen LogP contribution is -2.17. The van der Waals surface area contributed by atoms with E-state index in [1.807, 2.05) is 6.92 Å². The zero-order chi connectivity index (χ0) is 12.8. The molecule has 1 unspecified atom stereocenters. The molecule has 1 aromatic carbocycles. The fourth-order valence-electron chi connectivity index (χ4n) is 1.40. The summed E-state index contributed by atoms with van der Waals surface area (Å²) in [5.74, 6) is -0.126. The standard InChI is InChI=1S/C12H15NO4/c1-3-4-9(2)12(14)17-11-7-5-10(6-8-11)13(15)16/h5-9H,3-4H2,1-2H3. The van der Waals surface area contributed by atoms with Crippen LogP contribution in [0.3, 0.4) is 0 Å². The molecule has 0 spiro atoms. The van der Waals surface area contributed by atoms with E-state index in [0.29, 0.717) is 5.75 Å². The van der Waals surface area contributed by atoms with Gasteiger partial charge in [0, 0.05) is 12.1 Å². The van der Waals surface area contributed by atoms with Crippen LogP contribution in [0.2, 0.25) is 0 Å². The molecule has 0 fully saturated rings. The minimum atomic E-state index is -0.495. The number of hydrogen-bond acceptors (Lipinski definition) is 4. The van der Waals surface area contributed by atoms with Gasteiger partial charge in [0.05, 0.1) is 10.8 Å². The van der Waals surface area contributed by atoms with Gasteiger partial charge in [0.1, 0.15) is 5.75 Å². The Balaban J connectivity index is 2.63. The molecule has 0 N–H and O–H groups in total. The minimum Gasteiger partial charge on any atom is -0.426 e. The SMILES string of the molecule is CCCC(C)C(=O)Oc1ccc([N+](=O)[O-])cc1. The van der Waals surface area contributed by atoms with Crippen molar-refractivity contribution in [3.05, 3.63) is 34.4 Å². The first-order valence-electron chi connectivity index (χ1n) is 5.50. The van der Waals surface area contributed by atoms with Crippen LogP contribution >= 0.6 is 0 Å². The molecular weight excluding hydrogens is 222 g/mol. The molecule has 0 radical (unpaired) electrons. The van der Waals surface area contributed by atoms with E-state index in [4.69, 9.17) is 4.74 Å². The van der Waals surface area contributed by atoms with E-state index in [1.54, 1.807) is 6.92 Å². The van der Waals surface area contributed by atoms with Crippen molar-refractivity contribution in [1.82, 2.24) is 0 Å². The average Bonchev–Trinajstić information content (AvgIpc) is 2.30. The number of benzene rings is 1. The van der Waals surface area contributed by atoms with E-state index in [0.717, 1.165) is 12.8 Å². The van der Waals surface area contributed by atoms with Gasteiger partial charge >= 0.3 is 5.97 Å². The Bertz CT molecular complexity index is 399. The van der Waals surface area contributed by atoms with Gasteiger partial charge in [-0.1, -0.05) is 20.3 Å². The molecule has 0 aliphatic carbocycles. The smallest absolute Gasteiger partial charge is 0.314 e. The molecular formula is C12H15NO4. The maximum Gasteiger partial charge on any atom is 0.314 e. The molecule has 0 amide bonds. The third-order valence-electron chi connectivity index (χ3n) is 2.39. The van der Waals surface area contributed by atoms with Crippen molar-refractivity contribution in [2.75, 3.05) is 0 Å². The summed E-state index contributed by atoms with van der Waals surface area (Å²) in [7, 11) is 0. The number of rotatable bonds is 5. The second-order valence-electron chi connectivity index (χ2n) is 3.86. The highest BCUT2D eigenvalue weighted by Crippen LogP contribution is 2.19. The quantitative estimate of drug-likeness (QED) is 0.341. The van der Waals surface area contributed by atoms with Gasteiger partial charge in [-0.25, -0.2) is 0 Å². The molecule has 1 aromatic rings. The number of nitrogens with zero attached hydrogens (tertiary/aromatic N) is 1. The van der Waals surface area contributed by atoms with Crippen molar-refractivity contribution in [1.29, 1.82) is 0 Å². The molecule has 0 saturated carbocycles. The summed E-state index contributed by atoms with van der Waals surface area (Å²) in [5.41, 5.74) is -0.0218. The van der Waals surface area contributed by atoms with Crippen LogP contribution < -0.4 is 4.74 Å². The second kappa shape index (κ2) is 5.98. The number of ether oxygens (including phenoxy) is 1. The first-order valence-corrected chi connectivity index (χ1v) is 5.50. The van der Waals surface area contributed by atoms with Crippen LogP contribution in [0.15, 0.2) is 24.3 Å². The average molecular weight is 237 g/mol. The molecule has 92 valence electrons. The van der Waals surface area contributed by atoms with Crippen LogP contribution in [0.4, 0.5) is 5.69 Å². The monoisotopic (exact) mass is 237 g/mol. The van der Waals surface area contributed by atoms with Gasteiger partial charge in [-0.15, -0.1) is 0 Å². The molecule has 1 atom stereocenters. The topological polar surface area (TPSA) is 69.4 Å². The van der Waals surface area contributed by atoms with Crippen molar-refractivity contribution >= 4 is 11.7 Å². The predicted molar refractivity (Wildman–Crippen MR) is 62.8 cm³/mol. The Morgan fingerprint density at radius 1 is 1.41 bits per heavy atom. The largest absolute Gasteiger partial charge is 0.426 e. The Morgan fingerprint density at radius 3 is 2.47 bits per heavy atom. The summed E-state index contributed by atoms with van der Waals surface area (Å²) in [6.07, 6.45) is 1.68. The number of non-ortho nitro benzene ring substituents is 1. The molecule has 5 heteroatoms. The maximum atomic E-state index is 11.6. The highest BCUT2D eigenvalue weighted by atomic mass is 16.6. The summed E-state index contributed by atoms with van der Waals surface area (Å²) in [6, 6.07) is 5.48. The Hall–Kier alpha value is -1.91. The van der Waals surface area contributed by atoms with E-state index < -0.39 is 4.92 Å². The molecule has 1 rings (SSSR count). The normalized spacial score (nSPS) is 11.9. The van der Waals surface area contributed by atoms with E-state index in [9.17, 15) is 14.9 Å². The van der Waals surface area contributed by atoms with Crippen molar-refractivity contribution in [2.45, 2.75) is 26.7 Å². The highest BCUT2D eigenvalue weighted by molar-refractivity contribution is 5.74. The van der Waals surface area contributed by atoms with Gasteiger partial charge in [-0.2, -0.15) is 0 Å². The van der Waals surface area contributed by atoms with Crippen LogP contribution in [0, 0.1) is 16.0 Å². The van der Waals surface area contributed by atoms with Crippen molar-refractivity contribution < 1.29 is 14.5 Å². The Morgan fingerprint density at radius 2 is 2.00 bits per heavy atom. The number of hydrogen-bond donors (Lipinski definition) is 0. The van der Waals surface area contributed by atoms with Crippen molar-refractivity contribution in [3.63, 3.8) is 0 Å². The van der Waals surface area contributed by atoms with Gasteiger partial charge in [-0.05, 0) is 18.6 Å². The van der Waals surface area contributed by atoms with E-state index in [1.165, 1.54) is 24.3 Å². The fraction of sp³-hybridized carbons (Fsp3) is 0.417. The number of nitro benzene ring substituents is 1.